The smallest absolute Gasteiger partial charge is 0.255 e. The highest BCUT2D eigenvalue weighted by atomic mass is 35.5. The van der Waals surface area contributed by atoms with Crippen LogP contribution in [0.3, 0.4) is 0 Å². The number of carbonyl (C=O) groups excluding carboxylic acids is 4. The fourth-order valence-electron chi connectivity index (χ4n) is 6.95. The number of hydrogen-bond donors (Lipinski definition) is 3. The van der Waals surface area contributed by atoms with E-state index in [1.165, 1.54) is 36.7 Å². The number of methoxy groups -OCH3 is 1. The molecule has 0 radical (unpaired) electrons. The van der Waals surface area contributed by atoms with Crippen LogP contribution in [0.4, 0.5) is 5.82 Å². The minimum atomic E-state index is -0.757. The number of anilines is 1. The summed E-state index contributed by atoms with van der Waals surface area (Å²) in [6.07, 6.45) is 3.28. The Labute approximate surface area is 368 Å². The zero-order valence-electron chi connectivity index (χ0n) is 35.7. The Morgan fingerprint density at radius 3 is 2.31 bits per heavy atom. The quantitative estimate of drug-likeness (QED) is 0.0603. The van der Waals surface area contributed by atoms with E-state index in [9.17, 15) is 19.2 Å². The Kier molecular flexibility index (Phi) is 19.5. The highest BCUT2D eigenvalue weighted by Crippen LogP contribution is 2.28. The van der Waals surface area contributed by atoms with Crippen molar-refractivity contribution in [1.82, 2.24) is 35.0 Å². The van der Waals surface area contributed by atoms with Gasteiger partial charge >= 0.3 is 0 Å². The molecule has 1 aliphatic heterocycles. The summed E-state index contributed by atoms with van der Waals surface area (Å²) in [4.78, 5) is 64.4. The van der Waals surface area contributed by atoms with Crippen molar-refractivity contribution < 1.29 is 33.4 Å². The third-order valence-electron chi connectivity index (χ3n) is 10.5. The zero-order chi connectivity index (χ0) is 44.1. The monoisotopic (exact) mass is 868 g/mol. The van der Waals surface area contributed by atoms with Gasteiger partial charge in [0.15, 0.2) is 6.29 Å². The standard InChI is InChI=1S/C31H39ClN6O3.C15H18N2O4/c1-39-16-17-41-19-18-40-15-14-37-10-12-38(13-11-37)22-24-6-8-25(9-7-24)29-20-27-30(34-23-35-31(27)36-29)33-21-26-4-2-3-5-28(26)32;1-16-14(20)13(8-5-9-18)17(2)15(21)12-7-4-3-6-11(12)10-19/h2-9,20,23H,10-19,21-22H2,1H3,(H2,33,34,35,36);3-4,6-7,9-10,13H,5,8H2,1-2H3,(H,16,20). The van der Waals surface area contributed by atoms with Crippen LogP contribution in [0.15, 0.2) is 85.2 Å². The van der Waals surface area contributed by atoms with E-state index in [0.29, 0.717) is 45.5 Å². The molecule has 2 aromatic heterocycles. The number of benzene rings is 3. The molecule has 16 heteroatoms. The molecule has 62 heavy (non-hydrogen) atoms. The molecule has 1 fully saturated rings. The third-order valence-corrected chi connectivity index (χ3v) is 10.9. The first kappa shape index (κ1) is 47.5. The first-order valence-corrected chi connectivity index (χ1v) is 21.1. The number of rotatable bonds is 22. The van der Waals surface area contributed by atoms with E-state index < -0.39 is 11.9 Å². The maximum Gasteiger partial charge on any atom is 0.255 e. The number of piperazine rings is 1. The molecule has 1 atom stereocenters. The molecule has 6 rings (SSSR count). The van der Waals surface area contributed by atoms with Crippen LogP contribution in [0.25, 0.3) is 22.3 Å². The lowest BCUT2D eigenvalue weighted by Crippen LogP contribution is -2.47. The second-order valence-corrected chi connectivity index (χ2v) is 15.0. The zero-order valence-corrected chi connectivity index (χ0v) is 36.4. The number of ether oxygens (including phenoxy) is 3. The molecular weight excluding hydrogens is 812 g/mol. The van der Waals surface area contributed by atoms with Crippen LogP contribution >= 0.6 is 11.6 Å². The van der Waals surface area contributed by atoms with Gasteiger partial charge in [0.1, 0.15) is 30.1 Å². The van der Waals surface area contributed by atoms with E-state index in [1.807, 2.05) is 24.3 Å². The second-order valence-electron chi connectivity index (χ2n) is 14.6. The van der Waals surface area contributed by atoms with Crippen LogP contribution < -0.4 is 10.6 Å². The molecule has 0 saturated carbocycles. The van der Waals surface area contributed by atoms with Gasteiger partial charge in [-0.05, 0) is 41.3 Å². The van der Waals surface area contributed by atoms with Crippen molar-refractivity contribution in [1.29, 1.82) is 0 Å². The molecule has 2 amide bonds. The summed E-state index contributed by atoms with van der Waals surface area (Å²) in [6.45, 7) is 10.0. The number of likely N-dealkylation sites (N-methyl/N-ethyl adjacent to an activating group) is 2. The molecule has 0 spiro atoms. The number of nitrogens with one attached hydrogen (secondary N) is 3. The number of nitrogens with zero attached hydrogens (tertiary/aromatic N) is 5. The fraction of sp³-hybridized carbons (Fsp3) is 0.391. The van der Waals surface area contributed by atoms with E-state index >= 15 is 0 Å². The predicted molar refractivity (Wildman–Crippen MR) is 240 cm³/mol. The molecule has 3 aromatic carbocycles. The first-order valence-electron chi connectivity index (χ1n) is 20.7. The summed E-state index contributed by atoms with van der Waals surface area (Å²) < 4.78 is 16.1. The van der Waals surface area contributed by atoms with Crippen molar-refractivity contribution in [3.63, 3.8) is 0 Å². The van der Waals surface area contributed by atoms with Crippen LogP contribution in [-0.2, 0) is 36.9 Å². The predicted octanol–water partition coefficient (Wildman–Crippen LogP) is 5.35. The number of amides is 2. The molecule has 15 nitrogen and oxygen atoms in total. The lowest BCUT2D eigenvalue weighted by molar-refractivity contribution is -0.125. The lowest BCUT2D eigenvalue weighted by atomic mass is 10.0. The molecular formula is C46H57ClN8O7. The Morgan fingerprint density at radius 1 is 0.903 bits per heavy atom. The lowest BCUT2D eigenvalue weighted by Gasteiger charge is -2.34. The Hall–Kier alpha value is -5.55. The van der Waals surface area contributed by atoms with Crippen molar-refractivity contribution in [2.75, 3.05) is 92.3 Å². The average molecular weight is 869 g/mol. The fourth-order valence-corrected chi connectivity index (χ4v) is 7.16. The average Bonchev–Trinajstić information content (AvgIpc) is 3.75. The van der Waals surface area contributed by atoms with Crippen molar-refractivity contribution in [3.05, 3.63) is 112 Å². The second kappa shape index (κ2) is 25.4. The number of fused-ring (bicyclic) bond motifs is 1. The van der Waals surface area contributed by atoms with Gasteiger partial charge in [-0.1, -0.05) is 72.3 Å². The molecule has 0 bridgehead atoms. The van der Waals surface area contributed by atoms with Crippen LogP contribution in [-0.4, -0.2) is 147 Å². The topological polar surface area (TPSA) is 171 Å². The SMILES string of the molecule is CNC(=O)C(CCC=O)N(C)C(=O)c1ccccc1C=O.COCCOCCOCCN1CCN(Cc2ccc(-c3cc4c(NCc5ccccc5Cl)ncnc4[nH]3)cc2)CC1. The van der Waals surface area contributed by atoms with Gasteiger partial charge in [0.05, 0.1) is 44.0 Å². The molecule has 0 aliphatic carbocycles. The Morgan fingerprint density at radius 2 is 1.60 bits per heavy atom. The highest BCUT2D eigenvalue weighted by Gasteiger charge is 2.27. The van der Waals surface area contributed by atoms with Gasteiger partial charge in [-0.3, -0.25) is 24.2 Å². The minimum absolute atomic E-state index is 0.172. The molecule has 5 aromatic rings. The van der Waals surface area contributed by atoms with Crippen LogP contribution in [0, 0.1) is 0 Å². The molecule has 3 N–H and O–H groups in total. The van der Waals surface area contributed by atoms with Crippen molar-refractivity contribution in [2.45, 2.75) is 32.0 Å². The number of carbonyl (C=O) groups is 4. The summed E-state index contributed by atoms with van der Waals surface area (Å²) in [5.41, 5.74) is 5.79. The van der Waals surface area contributed by atoms with E-state index in [4.69, 9.17) is 25.8 Å². The molecule has 3 heterocycles. The molecule has 1 aliphatic rings. The largest absolute Gasteiger partial charge is 0.382 e. The number of halogens is 1. The minimum Gasteiger partial charge on any atom is -0.382 e. The number of aromatic amines is 1. The van der Waals surface area contributed by atoms with Gasteiger partial charge in [-0.25, -0.2) is 9.97 Å². The van der Waals surface area contributed by atoms with Gasteiger partial charge in [0.25, 0.3) is 5.91 Å². The highest BCUT2D eigenvalue weighted by molar-refractivity contribution is 6.31. The summed E-state index contributed by atoms with van der Waals surface area (Å²) in [5, 5.41) is 7.58. The third kappa shape index (κ3) is 14.0. The molecule has 1 saturated heterocycles. The van der Waals surface area contributed by atoms with E-state index in [2.05, 4.69) is 65.7 Å². The van der Waals surface area contributed by atoms with Gasteiger partial charge < -0.3 is 39.5 Å². The summed E-state index contributed by atoms with van der Waals surface area (Å²) >= 11 is 6.32. The van der Waals surface area contributed by atoms with Gasteiger partial charge in [0.2, 0.25) is 5.91 Å². The Bertz CT molecular complexity index is 2180. The van der Waals surface area contributed by atoms with Crippen molar-refractivity contribution in [3.8, 4) is 11.3 Å². The van der Waals surface area contributed by atoms with Crippen LogP contribution in [0.1, 0.15) is 44.7 Å². The maximum atomic E-state index is 12.4. The normalized spacial score (nSPS) is 13.5. The van der Waals surface area contributed by atoms with E-state index in [-0.39, 0.29) is 29.9 Å². The number of H-pyrrole nitrogens is 1. The van der Waals surface area contributed by atoms with Gasteiger partial charge in [-0.2, -0.15) is 0 Å². The first-order chi connectivity index (χ1) is 30.3. The molecule has 1 unspecified atom stereocenters. The van der Waals surface area contributed by atoms with Gasteiger partial charge in [-0.15, -0.1) is 0 Å². The number of aldehydes is 2. The Balaban J connectivity index is 0.000000292. The summed E-state index contributed by atoms with van der Waals surface area (Å²) in [7, 11) is 4.62. The van der Waals surface area contributed by atoms with Crippen molar-refractivity contribution in [2.24, 2.45) is 0 Å². The summed E-state index contributed by atoms with van der Waals surface area (Å²) in [6, 6.07) is 24.3. The van der Waals surface area contributed by atoms with E-state index in [0.717, 1.165) is 84.6 Å². The van der Waals surface area contributed by atoms with Gasteiger partial charge in [0, 0.05) is 89.7 Å². The van der Waals surface area contributed by atoms with Crippen LogP contribution in [0.5, 0.6) is 0 Å². The van der Waals surface area contributed by atoms with Crippen molar-refractivity contribution >= 4 is 52.8 Å². The number of aromatic nitrogens is 3. The maximum absolute atomic E-state index is 12.4. The van der Waals surface area contributed by atoms with Crippen LogP contribution in [0.2, 0.25) is 5.02 Å². The molecule has 330 valence electrons. The van der Waals surface area contributed by atoms with E-state index in [1.54, 1.807) is 25.6 Å². The summed E-state index contributed by atoms with van der Waals surface area (Å²) in [5.74, 6) is 0.000176. The number of hydrogen-bond acceptors (Lipinski definition) is 12.